The van der Waals surface area contributed by atoms with E-state index in [9.17, 15) is 4.79 Å². The summed E-state index contributed by atoms with van der Waals surface area (Å²) in [5.41, 5.74) is 2.03. The topological polar surface area (TPSA) is 31.2 Å². The number of carbonyl (C=O) groups is 1. The number of carbonyl (C=O) groups excluding carboxylic acids is 1. The van der Waals surface area contributed by atoms with Crippen molar-refractivity contribution in [3.63, 3.8) is 0 Å². The van der Waals surface area contributed by atoms with Gasteiger partial charge in [-0.2, -0.15) is 0 Å². The zero-order chi connectivity index (χ0) is 13.7. The third-order valence-electron chi connectivity index (χ3n) is 4.83. The molecule has 2 aliphatic rings. The van der Waals surface area contributed by atoms with Crippen LogP contribution in [0.4, 0.5) is 0 Å². The van der Waals surface area contributed by atoms with Gasteiger partial charge in [0.2, 0.25) is 0 Å². The van der Waals surface area contributed by atoms with Crippen LogP contribution in [0.3, 0.4) is 0 Å². The van der Waals surface area contributed by atoms with Crippen LogP contribution in [0.1, 0.15) is 36.0 Å². The van der Waals surface area contributed by atoms with Gasteiger partial charge in [0.25, 0.3) is 0 Å². The predicted octanol–water partition coefficient (Wildman–Crippen LogP) is 3.32. The molecule has 0 aliphatic carbocycles. The fourth-order valence-corrected chi connectivity index (χ4v) is 3.74. The highest BCUT2D eigenvalue weighted by Crippen LogP contribution is 2.37. The first-order valence-corrected chi connectivity index (χ1v) is 7.45. The molecule has 2 aromatic rings. The first kappa shape index (κ1) is 12.2. The van der Waals surface area contributed by atoms with Gasteiger partial charge in [-0.25, -0.2) is 0 Å². The Kier molecular flexibility index (Phi) is 2.71. The van der Waals surface area contributed by atoms with E-state index in [0.717, 1.165) is 36.6 Å². The minimum Gasteiger partial charge on any atom is -0.375 e. The third-order valence-corrected chi connectivity index (χ3v) is 4.83. The van der Waals surface area contributed by atoms with Crippen molar-refractivity contribution in [2.45, 2.75) is 37.9 Å². The summed E-state index contributed by atoms with van der Waals surface area (Å²) in [6.45, 7) is 0. The normalized spacial score (nSPS) is 28.9. The maximum Gasteiger partial charge on any atom is 0.166 e. The molecule has 20 heavy (non-hydrogen) atoms. The number of benzene rings is 1. The van der Waals surface area contributed by atoms with Crippen LogP contribution in [0.5, 0.6) is 0 Å². The molecule has 3 heterocycles. The van der Waals surface area contributed by atoms with Crippen molar-refractivity contribution < 1.29 is 9.53 Å². The Morgan fingerprint density at radius 3 is 2.70 bits per heavy atom. The molecule has 2 aliphatic heterocycles. The van der Waals surface area contributed by atoms with Gasteiger partial charge in [0.15, 0.2) is 5.78 Å². The molecule has 0 radical (unpaired) electrons. The molecule has 2 fully saturated rings. The lowest BCUT2D eigenvalue weighted by Gasteiger charge is -2.27. The van der Waals surface area contributed by atoms with Crippen LogP contribution in [-0.4, -0.2) is 22.6 Å². The standard InChI is InChI=1S/C17H19NO2/c1-18-7-6-11-8-12(2-5-16(11)18)17(19)13-9-14-3-4-15(10-13)20-14/h2,5-8,13-15H,3-4,9-10H2,1H3. The molecule has 2 unspecified atom stereocenters. The van der Waals surface area contributed by atoms with Crippen LogP contribution in [0.25, 0.3) is 10.9 Å². The molecular weight excluding hydrogens is 250 g/mol. The second-order valence-electron chi connectivity index (χ2n) is 6.19. The number of fused-ring (bicyclic) bond motifs is 3. The summed E-state index contributed by atoms with van der Waals surface area (Å²) >= 11 is 0. The highest BCUT2D eigenvalue weighted by molar-refractivity contribution is 6.01. The summed E-state index contributed by atoms with van der Waals surface area (Å²) in [4.78, 5) is 12.7. The van der Waals surface area contributed by atoms with E-state index in [0.29, 0.717) is 18.0 Å². The summed E-state index contributed by atoms with van der Waals surface area (Å²) < 4.78 is 7.91. The molecule has 3 nitrogen and oxygen atoms in total. The number of nitrogens with zero attached hydrogens (tertiary/aromatic N) is 1. The maximum atomic E-state index is 12.7. The summed E-state index contributed by atoms with van der Waals surface area (Å²) in [6, 6.07) is 8.13. The zero-order valence-corrected chi connectivity index (χ0v) is 11.7. The number of rotatable bonds is 2. The predicted molar refractivity (Wildman–Crippen MR) is 77.9 cm³/mol. The van der Waals surface area contributed by atoms with Gasteiger partial charge in [0, 0.05) is 35.6 Å². The second kappa shape index (κ2) is 4.45. The lowest BCUT2D eigenvalue weighted by atomic mass is 9.88. The number of hydrogen-bond donors (Lipinski definition) is 0. The quantitative estimate of drug-likeness (QED) is 0.783. The molecule has 2 atom stereocenters. The van der Waals surface area contributed by atoms with E-state index in [1.807, 2.05) is 25.4 Å². The van der Waals surface area contributed by atoms with E-state index in [4.69, 9.17) is 4.74 Å². The number of aromatic nitrogens is 1. The van der Waals surface area contributed by atoms with E-state index >= 15 is 0 Å². The van der Waals surface area contributed by atoms with Gasteiger partial charge >= 0.3 is 0 Å². The van der Waals surface area contributed by atoms with Crippen LogP contribution in [0, 0.1) is 5.92 Å². The van der Waals surface area contributed by atoms with Crippen LogP contribution >= 0.6 is 0 Å². The van der Waals surface area contributed by atoms with Crippen molar-refractivity contribution in [1.29, 1.82) is 0 Å². The molecule has 2 saturated heterocycles. The van der Waals surface area contributed by atoms with E-state index in [-0.39, 0.29) is 5.92 Å². The Morgan fingerprint density at radius 2 is 1.95 bits per heavy atom. The smallest absolute Gasteiger partial charge is 0.166 e. The minimum atomic E-state index is 0.155. The summed E-state index contributed by atoms with van der Waals surface area (Å²) in [6.07, 6.45) is 6.75. The monoisotopic (exact) mass is 269 g/mol. The van der Waals surface area contributed by atoms with Gasteiger partial charge in [0.05, 0.1) is 12.2 Å². The number of Topliss-reactive ketones (excluding diaryl/α,β-unsaturated/α-hetero) is 1. The van der Waals surface area contributed by atoms with Crippen LogP contribution < -0.4 is 0 Å². The molecule has 104 valence electrons. The highest BCUT2D eigenvalue weighted by atomic mass is 16.5. The van der Waals surface area contributed by atoms with E-state index in [2.05, 4.69) is 16.7 Å². The number of ether oxygens (including phenoxy) is 1. The minimum absolute atomic E-state index is 0.155. The van der Waals surface area contributed by atoms with Crippen molar-refractivity contribution in [3.05, 3.63) is 36.0 Å². The van der Waals surface area contributed by atoms with Crippen LogP contribution in [0.2, 0.25) is 0 Å². The first-order valence-electron chi connectivity index (χ1n) is 7.45. The van der Waals surface area contributed by atoms with E-state index in [1.165, 1.54) is 5.52 Å². The molecule has 0 spiro atoms. The summed E-state index contributed by atoms with van der Waals surface area (Å²) in [7, 11) is 2.03. The van der Waals surface area contributed by atoms with Gasteiger partial charge in [-0.3, -0.25) is 4.79 Å². The summed E-state index contributed by atoms with van der Waals surface area (Å²) in [5, 5.41) is 1.15. The molecule has 0 N–H and O–H groups in total. The molecular formula is C17H19NO2. The molecule has 0 amide bonds. The third kappa shape index (κ3) is 1.88. The Hall–Kier alpha value is -1.61. The van der Waals surface area contributed by atoms with Crippen molar-refractivity contribution in [2.24, 2.45) is 13.0 Å². The average molecular weight is 269 g/mol. The number of hydrogen-bond acceptors (Lipinski definition) is 2. The average Bonchev–Trinajstić information content (AvgIpc) is 3.00. The molecule has 1 aromatic carbocycles. The van der Waals surface area contributed by atoms with Crippen molar-refractivity contribution >= 4 is 16.7 Å². The Bertz CT molecular complexity index is 661. The first-order chi connectivity index (χ1) is 9.70. The molecule has 4 rings (SSSR count). The van der Waals surface area contributed by atoms with Crippen molar-refractivity contribution in [3.8, 4) is 0 Å². The Balaban J connectivity index is 1.63. The van der Waals surface area contributed by atoms with E-state index in [1.54, 1.807) is 0 Å². The molecule has 0 saturated carbocycles. The highest BCUT2D eigenvalue weighted by Gasteiger charge is 2.38. The van der Waals surface area contributed by atoms with Gasteiger partial charge in [-0.05, 0) is 49.9 Å². The molecule has 1 aromatic heterocycles. The lowest BCUT2D eigenvalue weighted by molar-refractivity contribution is -0.0149. The Labute approximate surface area is 118 Å². The zero-order valence-electron chi connectivity index (χ0n) is 11.7. The lowest BCUT2D eigenvalue weighted by Crippen LogP contribution is -2.30. The van der Waals surface area contributed by atoms with Gasteiger partial charge in [-0.15, -0.1) is 0 Å². The molecule has 3 heteroatoms. The van der Waals surface area contributed by atoms with Crippen LogP contribution in [-0.2, 0) is 11.8 Å². The van der Waals surface area contributed by atoms with Gasteiger partial charge in [-0.1, -0.05) is 0 Å². The fourth-order valence-electron chi connectivity index (χ4n) is 3.74. The molecule has 2 bridgehead atoms. The Morgan fingerprint density at radius 1 is 1.20 bits per heavy atom. The summed E-state index contributed by atoms with van der Waals surface area (Å²) in [5.74, 6) is 0.457. The van der Waals surface area contributed by atoms with Gasteiger partial charge in [0.1, 0.15) is 0 Å². The number of ketones is 1. The second-order valence-corrected chi connectivity index (χ2v) is 6.19. The number of aryl methyl sites for hydroxylation is 1. The van der Waals surface area contributed by atoms with Gasteiger partial charge < -0.3 is 9.30 Å². The fraction of sp³-hybridized carbons (Fsp3) is 0.471. The van der Waals surface area contributed by atoms with Crippen LogP contribution in [0.15, 0.2) is 30.5 Å². The van der Waals surface area contributed by atoms with Crippen molar-refractivity contribution in [2.75, 3.05) is 0 Å². The largest absolute Gasteiger partial charge is 0.375 e. The van der Waals surface area contributed by atoms with Crippen molar-refractivity contribution in [1.82, 2.24) is 4.57 Å². The SMILES string of the molecule is Cn1ccc2cc(C(=O)C3CC4CCC(C3)O4)ccc21. The maximum absolute atomic E-state index is 12.7. The van der Waals surface area contributed by atoms with E-state index < -0.39 is 0 Å².